The molecule has 0 bridgehead atoms. The Bertz CT molecular complexity index is 435. The van der Waals surface area contributed by atoms with Crippen LogP contribution in [0.1, 0.15) is 26.2 Å². The van der Waals surface area contributed by atoms with Crippen molar-refractivity contribution in [3.05, 3.63) is 6.33 Å². The third-order valence-electron chi connectivity index (χ3n) is 3.40. The van der Waals surface area contributed by atoms with Gasteiger partial charge in [-0.25, -0.2) is 0 Å². The molecule has 7 heteroatoms. The van der Waals surface area contributed by atoms with Crippen LogP contribution in [0.15, 0.2) is 11.5 Å². The molecule has 1 aliphatic rings. The molecule has 1 amide bonds. The molecular formula is C11H19N5OS. The molecule has 0 spiro atoms. The standard InChI is InChI=1S/C11H19N5OS/c1-3-13-11(9(12)17)5-4-8(6-11)18-10-15-14-7-16(10)2/h7-8,13H,3-6H2,1-2H3,(H2,12,17). The number of nitrogens with two attached hydrogens (primary N) is 1. The van der Waals surface area contributed by atoms with Gasteiger partial charge >= 0.3 is 0 Å². The minimum absolute atomic E-state index is 0.245. The van der Waals surface area contributed by atoms with Crippen LogP contribution in [0.25, 0.3) is 0 Å². The van der Waals surface area contributed by atoms with Crippen molar-refractivity contribution >= 4 is 17.7 Å². The van der Waals surface area contributed by atoms with Gasteiger partial charge in [0.25, 0.3) is 0 Å². The molecule has 1 aromatic heterocycles. The first-order valence-electron chi connectivity index (χ1n) is 6.13. The van der Waals surface area contributed by atoms with Crippen LogP contribution in [-0.4, -0.2) is 38.0 Å². The molecular weight excluding hydrogens is 250 g/mol. The smallest absolute Gasteiger partial charge is 0.237 e. The first-order chi connectivity index (χ1) is 8.57. The Hall–Kier alpha value is -1.08. The second-order valence-corrected chi connectivity index (χ2v) is 5.95. The van der Waals surface area contributed by atoms with E-state index in [-0.39, 0.29) is 5.91 Å². The number of rotatable bonds is 5. The summed E-state index contributed by atoms with van der Waals surface area (Å²) in [4.78, 5) is 11.6. The van der Waals surface area contributed by atoms with Crippen LogP contribution in [0.2, 0.25) is 0 Å². The maximum atomic E-state index is 11.6. The lowest BCUT2D eigenvalue weighted by molar-refractivity contribution is -0.124. The highest BCUT2D eigenvalue weighted by Gasteiger charge is 2.43. The second kappa shape index (κ2) is 5.27. The first kappa shape index (κ1) is 13.4. The minimum Gasteiger partial charge on any atom is -0.368 e. The Morgan fingerprint density at radius 3 is 3.11 bits per heavy atom. The number of aryl methyl sites for hydroxylation is 1. The minimum atomic E-state index is -0.537. The Kier molecular flexibility index (Phi) is 3.91. The van der Waals surface area contributed by atoms with E-state index in [1.54, 1.807) is 18.1 Å². The lowest BCUT2D eigenvalue weighted by Crippen LogP contribution is -2.53. The van der Waals surface area contributed by atoms with E-state index in [0.717, 1.165) is 31.0 Å². The number of carbonyl (C=O) groups excluding carboxylic acids is 1. The molecule has 1 saturated carbocycles. The lowest BCUT2D eigenvalue weighted by Gasteiger charge is -2.26. The highest BCUT2D eigenvalue weighted by Crippen LogP contribution is 2.39. The highest BCUT2D eigenvalue weighted by atomic mass is 32.2. The number of aromatic nitrogens is 3. The monoisotopic (exact) mass is 269 g/mol. The summed E-state index contributed by atoms with van der Waals surface area (Å²) in [6.45, 7) is 2.75. The van der Waals surface area contributed by atoms with Gasteiger partial charge in [-0.05, 0) is 25.8 Å². The van der Waals surface area contributed by atoms with Gasteiger partial charge in [-0.15, -0.1) is 10.2 Å². The van der Waals surface area contributed by atoms with Crippen LogP contribution in [0.4, 0.5) is 0 Å². The van der Waals surface area contributed by atoms with Crippen molar-refractivity contribution in [3.63, 3.8) is 0 Å². The highest BCUT2D eigenvalue weighted by molar-refractivity contribution is 7.99. The van der Waals surface area contributed by atoms with Crippen LogP contribution in [0, 0.1) is 0 Å². The van der Waals surface area contributed by atoms with E-state index >= 15 is 0 Å². The second-order valence-electron chi connectivity index (χ2n) is 4.68. The molecule has 1 aromatic rings. The summed E-state index contributed by atoms with van der Waals surface area (Å²) in [6.07, 6.45) is 4.20. The summed E-state index contributed by atoms with van der Waals surface area (Å²) in [5.41, 5.74) is 5.00. The Morgan fingerprint density at radius 1 is 1.78 bits per heavy atom. The average molecular weight is 269 g/mol. The Balaban J connectivity index is 2.03. The Labute approximate surface area is 111 Å². The van der Waals surface area contributed by atoms with Crippen LogP contribution < -0.4 is 11.1 Å². The third-order valence-corrected chi connectivity index (χ3v) is 4.71. The van der Waals surface area contributed by atoms with Gasteiger partial charge in [0.2, 0.25) is 5.91 Å². The molecule has 1 aliphatic carbocycles. The fourth-order valence-electron chi connectivity index (χ4n) is 2.44. The largest absolute Gasteiger partial charge is 0.368 e. The summed E-state index contributed by atoms with van der Waals surface area (Å²) < 4.78 is 1.89. The van der Waals surface area contributed by atoms with E-state index in [9.17, 15) is 4.79 Å². The topological polar surface area (TPSA) is 85.8 Å². The first-order valence-corrected chi connectivity index (χ1v) is 7.01. The number of carbonyl (C=O) groups is 1. The molecule has 6 nitrogen and oxygen atoms in total. The molecule has 0 radical (unpaired) electrons. The molecule has 3 N–H and O–H groups in total. The van der Waals surface area contributed by atoms with Gasteiger partial charge in [-0.1, -0.05) is 18.7 Å². The molecule has 2 rings (SSSR count). The number of amides is 1. The molecule has 2 unspecified atom stereocenters. The normalized spacial score (nSPS) is 27.6. The zero-order chi connectivity index (χ0) is 13.2. The van der Waals surface area contributed by atoms with Crippen molar-refractivity contribution in [1.29, 1.82) is 0 Å². The van der Waals surface area contributed by atoms with Crippen LogP contribution in [-0.2, 0) is 11.8 Å². The molecule has 2 atom stereocenters. The summed E-state index contributed by atoms with van der Waals surface area (Å²) in [5, 5.41) is 12.4. The third kappa shape index (κ3) is 2.51. The quantitative estimate of drug-likeness (QED) is 0.802. The SMILES string of the molecule is CCNC1(C(N)=O)CCC(Sc2nncn2C)C1. The number of nitrogens with zero attached hydrogens (tertiary/aromatic N) is 3. The molecule has 1 fully saturated rings. The van der Waals surface area contributed by atoms with Crippen molar-refractivity contribution in [2.24, 2.45) is 12.8 Å². The predicted molar refractivity (Wildman–Crippen MR) is 70.1 cm³/mol. The Morgan fingerprint density at radius 2 is 2.56 bits per heavy atom. The van der Waals surface area contributed by atoms with Gasteiger partial charge in [0.05, 0.1) is 5.54 Å². The van der Waals surface area contributed by atoms with Crippen molar-refractivity contribution in [1.82, 2.24) is 20.1 Å². The maximum Gasteiger partial charge on any atom is 0.237 e. The van der Waals surface area contributed by atoms with Crippen molar-refractivity contribution in [2.45, 2.75) is 42.1 Å². The fourth-order valence-corrected chi connectivity index (χ4v) is 3.65. The number of likely N-dealkylation sites (N-methyl/N-ethyl adjacent to an activating group) is 1. The zero-order valence-corrected chi connectivity index (χ0v) is 11.5. The summed E-state index contributed by atoms with van der Waals surface area (Å²) in [6, 6.07) is 0. The number of primary amides is 1. The summed E-state index contributed by atoms with van der Waals surface area (Å²) >= 11 is 1.67. The zero-order valence-electron chi connectivity index (χ0n) is 10.7. The van der Waals surface area contributed by atoms with E-state index < -0.39 is 5.54 Å². The lowest BCUT2D eigenvalue weighted by atomic mass is 9.97. The molecule has 0 aromatic carbocycles. The number of thioether (sulfide) groups is 1. The van der Waals surface area contributed by atoms with Crippen LogP contribution >= 0.6 is 11.8 Å². The van der Waals surface area contributed by atoms with Gasteiger partial charge < -0.3 is 15.6 Å². The molecule has 18 heavy (non-hydrogen) atoms. The predicted octanol–water partition coefficient (Wildman–Crippen LogP) is 0.293. The van der Waals surface area contributed by atoms with E-state index in [4.69, 9.17) is 5.73 Å². The van der Waals surface area contributed by atoms with E-state index in [1.165, 1.54) is 0 Å². The van der Waals surface area contributed by atoms with E-state index in [0.29, 0.717) is 5.25 Å². The van der Waals surface area contributed by atoms with E-state index in [1.807, 2.05) is 18.5 Å². The number of hydrogen-bond donors (Lipinski definition) is 2. The van der Waals surface area contributed by atoms with E-state index in [2.05, 4.69) is 15.5 Å². The van der Waals surface area contributed by atoms with Crippen molar-refractivity contribution in [3.8, 4) is 0 Å². The van der Waals surface area contributed by atoms with Gasteiger partial charge in [0, 0.05) is 12.3 Å². The summed E-state index contributed by atoms with van der Waals surface area (Å²) in [7, 11) is 1.92. The maximum absolute atomic E-state index is 11.6. The summed E-state index contributed by atoms with van der Waals surface area (Å²) in [5.74, 6) is -0.245. The molecule has 0 saturated heterocycles. The van der Waals surface area contributed by atoms with Crippen LogP contribution in [0.3, 0.4) is 0 Å². The molecule has 100 valence electrons. The van der Waals surface area contributed by atoms with Gasteiger partial charge in [-0.2, -0.15) is 0 Å². The average Bonchev–Trinajstić information content (AvgIpc) is 2.89. The molecule has 1 heterocycles. The van der Waals surface area contributed by atoms with Crippen LogP contribution in [0.5, 0.6) is 0 Å². The number of hydrogen-bond acceptors (Lipinski definition) is 5. The fraction of sp³-hybridized carbons (Fsp3) is 0.727. The van der Waals surface area contributed by atoms with Crippen molar-refractivity contribution in [2.75, 3.05) is 6.54 Å². The van der Waals surface area contributed by atoms with Gasteiger partial charge in [-0.3, -0.25) is 4.79 Å². The van der Waals surface area contributed by atoms with Crippen molar-refractivity contribution < 1.29 is 4.79 Å². The van der Waals surface area contributed by atoms with Gasteiger partial charge in [0.1, 0.15) is 6.33 Å². The molecule has 0 aliphatic heterocycles. The number of nitrogens with one attached hydrogen (secondary N) is 1. The van der Waals surface area contributed by atoms with Gasteiger partial charge in [0.15, 0.2) is 5.16 Å².